The van der Waals surface area contributed by atoms with Crippen LogP contribution in [-0.4, -0.2) is 6.54 Å². The van der Waals surface area contributed by atoms with Crippen molar-refractivity contribution in [2.45, 2.75) is 45.6 Å². The Kier molecular flexibility index (Phi) is 6.01. The van der Waals surface area contributed by atoms with E-state index < -0.39 is 0 Å². The predicted molar refractivity (Wildman–Crippen MR) is 91.7 cm³/mol. The molecule has 0 amide bonds. The molecular weight excluding hydrogens is 254 g/mol. The molecule has 2 aromatic carbocycles. The summed E-state index contributed by atoms with van der Waals surface area (Å²) in [6.45, 7) is 7.76. The van der Waals surface area contributed by atoms with Crippen molar-refractivity contribution >= 4 is 0 Å². The topological polar surface area (TPSA) is 12.0 Å². The Bertz CT molecular complexity index is 513. The van der Waals surface area contributed by atoms with Crippen LogP contribution in [0.2, 0.25) is 0 Å². The highest BCUT2D eigenvalue weighted by molar-refractivity contribution is 5.27. The Morgan fingerprint density at radius 2 is 1.52 bits per heavy atom. The van der Waals surface area contributed by atoms with Crippen molar-refractivity contribution in [3.05, 3.63) is 71.3 Å². The van der Waals surface area contributed by atoms with Gasteiger partial charge < -0.3 is 5.32 Å². The zero-order valence-electron chi connectivity index (χ0n) is 13.5. The second-order valence-corrected chi connectivity index (χ2v) is 6.02. The molecule has 2 rings (SSSR count). The summed E-state index contributed by atoms with van der Waals surface area (Å²) in [6.07, 6.45) is 2.21. The van der Waals surface area contributed by atoms with Gasteiger partial charge in [-0.15, -0.1) is 0 Å². The largest absolute Gasteiger partial charge is 0.310 e. The van der Waals surface area contributed by atoms with Gasteiger partial charge in [-0.1, -0.05) is 75.4 Å². The maximum atomic E-state index is 3.67. The molecule has 1 atom stereocenters. The molecule has 1 N–H and O–H groups in total. The average molecular weight is 281 g/mol. The van der Waals surface area contributed by atoms with Gasteiger partial charge in [-0.3, -0.25) is 0 Å². The molecule has 0 aliphatic carbocycles. The molecule has 0 aliphatic rings. The smallest absolute Gasteiger partial charge is 0.0360 e. The zero-order chi connectivity index (χ0) is 15.1. The second kappa shape index (κ2) is 7.99. The third-order valence-corrected chi connectivity index (χ3v) is 3.93. The summed E-state index contributed by atoms with van der Waals surface area (Å²) < 4.78 is 0. The van der Waals surface area contributed by atoms with Gasteiger partial charge in [0, 0.05) is 6.04 Å². The quantitative estimate of drug-likeness (QED) is 0.745. The third kappa shape index (κ3) is 4.71. The second-order valence-electron chi connectivity index (χ2n) is 6.02. The number of benzene rings is 2. The van der Waals surface area contributed by atoms with E-state index in [4.69, 9.17) is 0 Å². The van der Waals surface area contributed by atoms with E-state index in [1.807, 2.05) is 0 Å². The first kappa shape index (κ1) is 15.8. The van der Waals surface area contributed by atoms with Crippen molar-refractivity contribution < 1.29 is 0 Å². The first-order valence-corrected chi connectivity index (χ1v) is 8.08. The van der Waals surface area contributed by atoms with Crippen molar-refractivity contribution in [2.24, 2.45) is 0 Å². The van der Waals surface area contributed by atoms with Gasteiger partial charge in [0.1, 0.15) is 0 Å². The van der Waals surface area contributed by atoms with Gasteiger partial charge in [-0.2, -0.15) is 0 Å². The van der Waals surface area contributed by atoms with Gasteiger partial charge in [0.25, 0.3) is 0 Å². The van der Waals surface area contributed by atoms with Crippen molar-refractivity contribution in [2.75, 3.05) is 6.54 Å². The van der Waals surface area contributed by atoms with Crippen LogP contribution in [0, 0.1) is 0 Å². The van der Waals surface area contributed by atoms with Crippen molar-refractivity contribution in [1.29, 1.82) is 0 Å². The van der Waals surface area contributed by atoms with E-state index in [2.05, 4.69) is 80.7 Å². The molecule has 1 unspecified atom stereocenters. The highest BCUT2D eigenvalue weighted by Gasteiger charge is 2.11. The van der Waals surface area contributed by atoms with E-state index >= 15 is 0 Å². The van der Waals surface area contributed by atoms with Crippen LogP contribution in [-0.2, 0) is 6.42 Å². The van der Waals surface area contributed by atoms with Crippen molar-refractivity contribution in [3.63, 3.8) is 0 Å². The Labute approximate surface area is 129 Å². The molecule has 21 heavy (non-hydrogen) atoms. The van der Waals surface area contributed by atoms with Crippen LogP contribution in [0.3, 0.4) is 0 Å². The molecule has 0 fully saturated rings. The normalized spacial score (nSPS) is 12.6. The minimum Gasteiger partial charge on any atom is -0.310 e. The first-order chi connectivity index (χ1) is 10.2. The summed E-state index contributed by atoms with van der Waals surface area (Å²) >= 11 is 0. The molecule has 1 heteroatoms. The van der Waals surface area contributed by atoms with Gasteiger partial charge in [0.05, 0.1) is 0 Å². The van der Waals surface area contributed by atoms with E-state index in [0.29, 0.717) is 12.0 Å². The van der Waals surface area contributed by atoms with Crippen LogP contribution >= 0.6 is 0 Å². The first-order valence-electron chi connectivity index (χ1n) is 8.08. The molecule has 0 aliphatic heterocycles. The lowest BCUT2D eigenvalue weighted by Gasteiger charge is -2.19. The number of hydrogen-bond acceptors (Lipinski definition) is 1. The molecule has 0 radical (unpaired) electrons. The summed E-state index contributed by atoms with van der Waals surface area (Å²) in [5.41, 5.74) is 4.19. The van der Waals surface area contributed by atoms with Crippen LogP contribution < -0.4 is 5.32 Å². The van der Waals surface area contributed by atoms with E-state index in [9.17, 15) is 0 Å². The Balaban J connectivity index is 2.11. The molecule has 0 aromatic heterocycles. The Hall–Kier alpha value is -1.60. The Morgan fingerprint density at radius 1 is 0.857 bits per heavy atom. The zero-order valence-corrected chi connectivity index (χ0v) is 13.5. The van der Waals surface area contributed by atoms with E-state index in [1.54, 1.807) is 0 Å². The highest BCUT2D eigenvalue weighted by Crippen LogP contribution is 2.20. The third-order valence-electron chi connectivity index (χ3n) is 3.93. The number of rotatable bonds is 7. The summed E-state index contributed by atoms with van der Waals surface area (Å²) in [7, 11) is 0. The summed E-state index contributed by atoms with van der Waals surface area (Å²) in [5.74, 6) is 0.599. The lowest BCUT2D eigenvalue weighted by atomic mass is 9.96. The van der Waals surface area contributed by atoms with Crippen LogP contribution in [0.1, 0.15) is 55.8 Å². The Morgan fingerprint density at radius 3 is 2.10 bits per heavy atom. The van der Waals surface area contributed by atoms with Gasteiger partial charge in [-0.05, 0) is 42.0 Å². The molecular formula is C20H27N. The van der Waals surface area contributed by atoms with Crippen LogP contribution in [0.15, 0.2) is 54.6 Å². The maximum absolute atomic E-state index is 3.67. The van der Waals surface area contributed by atoms with Gasteiger partial charge in [0.15, 0.2) is 0 Å². The van der Waals surface area contributed by atoms with Crippen LogP contribution in [0.25, 0.3) is 0 Å². The van der Waals surface area contributed by atoms with Crippen molar-refractivity contribution in [1.82, 2.24) is 5.32 Å². The van der Waals surface area contributed by atoms with Crippen LogP contribution in [0.5, 0.6) is 0 Å². The lowest BCUT2D eigenvalue weighted by molar-refractivity contribution is 0.529. The number of nitrogens with one attached hydrogen (secondary N) is 1. The molecule has 0 spiro atoms. The van der Waals surface area contributed by atoms with Gasteiger partial charge >= 0.3 is 0 Å². The van der Waals surface area contributed by atoms with Gasteiger partial charge in [-0.25, -0.2) is 0 Å². The number of hydrogen-bond donors (Lipinski definition) is 1. The van der Waals surface area contributed by atoms with E-state index in [0.717, 1.165) is 19.4 Å². The van der Waals surface area contributed by atoms with Crippen LogP contribution in [0.4, 0.5) is 0 Å². The minimum atomic E-state index is 0.399. The standard InChI is InChI=1S/C20H27N/c1-4-14-21-20(19-8-6-5-7-9-19)15-17-10-12-18(13-11-17)16(2)3/h5-13,16,20-21H,4,14-15H2,1-3H3. The van der Waals surface area contributed by atoms with E-state index in [-0.39, 0.29) is 0 Å². The molecule has 112 valence electrons. The molecule has 0 heterocycles. The summed E-state index contributed by atoms with van der Waals surface area (Å²) in [4.78, 5) is 0. The molecule has 1 nitrogen and oxygen atoms in total. The molecule has 0 bridgehead atoms. The summed E-state index contributed by atoms with van der Waals surface area (Å²) in [5, 5.41) is 3.67. The fourth-order valence-corrected chi connectivity index (χ4v) is 2.59. The fourth-order valence-electron chi connectivity index (χ4n) is 2.59. The minimum absolute atomic E-state index is 0.399. The maximum Gasteiger partial charge on any atom is 0.0360 e. The average Bonchev–Trinajstić information content (AvgIpc) is 2.52. The fraction of sp³-hybridized carbons (Fsp3) is 0.400. The highest BCUT2D eigenvalue weighted by atomic mass is 14.9. The SMILES string of the molecule is CCCNC(Cc1ccc(C(C)C)cc1)c1ccccc1. The molecule has 0 saturated heterocycles. The lowest BCUT2D eigenvalue weighted by Crippen LogP contribution is -2.24. The molecule has 0 saturated carbocycles. The van der Waals surface area contributed by atoms with Gasteiger partial charge in [0.2, 0.25) is 0 Å². The predicted octanol–water partition coefficient (Wildman–Crippen LogP) is 5.09. The molecule has 2 aromatic rings. The van der Waals surface area contributed by atoms with Crippen molar-refractivity contribution in [3.8, 4) is 0 Å². The summed E-state index contributed by atoms with van der Waals surface area (Å²) in [6, 6.07) is 20.2. The monoisotopic (exact) mass is 281 g/mol. The van der Waals surface area contributed by atoms with E-state index in [1.165, 1.54) is 16.7 Å².